The Morgan fingerprint density at radius 3 is 2.85 bits per heavy atom. The molecular weight excluding hydrogens is 346 g/mol. The summed E-state index contributed by atoms with van der Waals surface area (Å²) in [6.45, 7) is 9.70. The van der Waals surface area contributed by atoms with Crippen LogP contribution in [-0.4, -0.2) is 26.5 Å². The zero-order valence-corrected chi connectivity index (χ0v) is 16.1. The van der Waals surface area contributed by atoms with Gasteiger partial charge in [0.15, 0.2) is 5.82 Å². The van der Waals surface area contributed by atoms with E-state index in [1.54, 1.807) is 10.8 Å². The lowest BCUT2D eigenvalue weighted by atomic mass is 10.0. The van der Waals surface area contributed by atoms with E-state index in [4.69, 9.17) is 0 Å². The van der Waals surface area contributed by atoms with Crippen molar-refractivity contribution in [3.05, 3.63) is 51.7 Å². The maximum atomic E-state index is 12.5. The number of aryl methyl sites for hydroxylation is 1. The van der Waals surface area contributed by atoms with Gasteiger partial charge >= 0.3 is 0 Å². The number of hydrogen-bond donors (Lipinski definition) is 1. The summed E-state index contributed by atoms with van der Waals surface area (Å²) in [6, 6.07) is 0. The van der Waals surface area contributed by atoms with Crippen LogP contribution in [0.3, 0.4) is 0 Å². The van der Waals surface area contributed by atoms with Gasteiger partial charge in [-0.1, -0.05) is 26.0 Å². The highest BCUT2D eigenvalue weighted by Crippen LogP contribution is 2.35. The lowest BCUT2D eigenvalue weighted by Gasteiger charge is -2.05. The Hall–Kier alpha value is -2.80. The third kappa shape index (κ3) is 3.17. The van der Waals surface area contributed by atoms with E-state index in [9.17, 15) is 4.79 Å². The number of thiophene rings is 1. The zero-order chi connectivity index (χ0) is 18.8. The van der Waals surface area contributed by atoms with Crippen molar-refractivity contribution in [1.29, 1.82) is 0 Å². The average molecular weight is 367 g/mol. The number of nitrogens with one attached hydrogen (secondary N) is 1. The lowest BCUT2D eigenvalue weighted by Crippen LogP contribution is -2.09. The Labute approximate surface area is 155 Å². The first-order valence-corrected chi connectivity index (χ1v) is 9.19. The number of aliphatic imine (C=N–C) groups is 1. The molecule has 3 aromatic rings. The van der Waals surface area contributed by atoms with Gasteiger partial charge in [0.05, 0.1) is 11.2 Å². The molecular formula is C19H21N5OS. The van der Waals surface area contributed by atoms with Crippen molar-refractivity contribution in [1.82, 2.24) is 19.7 Å². The van der Waals surface area contributed by atoms with E-state index in [1.807, 2.05) is 37.7 Å². The minimum Gasteiger partial charge on any atom is -0.304 e. The predicted molar refractivity (Wildman–Crippen MR) is 109 cm³/mol. The third-order valence-electron chi connectivity index (χ3n) is 3.98. The number of nitrogens with zero attached hydrogens (tertiary/aromatic N) is 4. The van der Waals surface area contributed by atoms with Gasteiger partial charge < -0.3 is 4.98 Å². The molecule has 7 heteroatoms. The summed E-state index contributed by atoms with van der Waals surface area (Å²) in [7, 11) is 1.90. The molecule has 0 spiro atoms. The minimum atomic E-state index is -0.175. The molecule has 6 nitrogen and oxygen atoms in total. The van der Waals surface area contributed by atoms with Crippen molar-refractivity contribution in [2.75, 3.05) is 0 Å². The summed E-state index contributed by atoms with van der Waals surface area (Å²) in [5.41, 5.74) is 3.92. The number of rotatable bonds is 5. The molecule has 134 valence electrons. The monoisotopic (exact) mass is 367 g/mol. The van der Waals surface area contributed by atoms with E-state index in [2.05, 4.69) is 40.6 Å². The predicted octanol–water partition coefficient (Wildman–Crippen LogP) is 4.13. The van der Waals surface area contributed by atoms with E-state index in [0.29, 0.717) is 21.7 Å². The van der Waals surface area contributed by atoms with E-state index >= 15 is 0 Å². The fourth-order valence-corrected chi connectivity index (χ4v) is 3.67. The highest BCUT2D eigenvalue weighted by Gasteiger charge is 2.19. The van der Waals surface area contributed by atoms with Crippen molar-refractivity contribution in [3.8, 4) is 11.1 Å². The highest BCUT2D eigenvalue weighted by atomic mass is 32.1. The average Bonchev–Trinajstić information content (AvgIpc) is 3.19. The summed E-state index contributed by atoms with van der Waals surface area (Å²) >= 11 is 1.39. The maximum Gasteiger partial charge on any atom is 0.269 e. The van der Waals surface area contributed by atoms with Gasteiger partial charge in [-0.05, 0) is 25.6 Å². The molecule has 0 saturated heterocycles. The molecule has 0 aromatic carbocycles. The molecule has 0 aliphatic heterocycles. The van der Waals surface area contributed by atoms with Gasteiger partial charge in [0.2, 0.25) is 0 Å². The largest absolute Gasteiger partial charge is 0.304 e. The number of allylic oxidation sites excluding steroid dienone is 3. The second-order valence-electron chi connectivity index (χ2n) is 6.23. The van der Waals surface area contributed by atoms with Crippen molar-refractivity contribution < 1.29 is 0 Å². The first-order valence-electron chi connectivity index (χ1n) is 8.31. The molecule has 0 atom stereocenters. The molecule has 0 saturated carbocycles. The van der Waals surface area contributed by atoms with Gasteiger partial charge in [0, 0.05) is 29.8 Å². The van der Waals surface area contributed by atoms with Gasteiger partial charge in [-0.25, -0.2) is 4.98 Å². The first-order chi connectivity index (χ1) is 12.5. The first kappa shape index (κ1) is 18.0. The Kier molecular flexibility index (Phi) is 4.99. The van der Waals surface area contributed by atoms with E-state index in [0.717, 1.165) is 16.8 Å². The number of hydrogen-bond acceptors (Lipinski definition) is 5. The van der Waals surface area contributed by atoms with Crippen molar-refractivity contribution in [2.24, 2.45) is 12.0 Å². The van der Waals surface area contributed by atoms with E-state index < -0.39 is 0 Å². The van der Waals surface area contributed by atoms with Gasteiger partial charge in [0.1, 0.15) is 10.4 Å². The number of aromatic amines is 1. The fourth-order valence-electron chi connectivity index (χ4n) is 2.77. The summed E-state index contributed by atoms with van der Waals surface area (Å²) < 4.78 is 2.39. The smallest absolute Gasteiger partial charge is 0.269 e. The van der Waals surface area contributed by atoms with Crippen molar-refractivity contribution in [3.63, 3.8) is 0 Å². The Balaban J connectivity index is 2.27. The van der Waals surface area contributed by atoms with Gasteiger partial charge in [-0.2, -0.15) is 5.10 Å². The molecule has 1 N–H and O–H groups in total. The summed E-state index contributed by atoms with van der Waals surface area (Å²) in [6.07, 6.45) is 7.46. The molecule has 0 amide bonds. The van der Waals surface area contributed by atoms with Crippen LogP contribution in [0.4, 0.5) is 0 Å². The molecule has 0 aliphatic carbocycles. The SMILES string of the molecule is C=N/C(=C\C=C/C)c1nc2c(-c3cn(C)nc3C(C)C)csc2c(=O)[nH]1. The molecule has 0 radical (unpaired) electrons. The second kappa shape index (κ2) is 7.21. The molecule has 26 heavy (non-hydrogen) atoms. The van der Waals surface area contributed by atoms with Crippen LogP contribution in [-0.2, 0) is 7.05 Å². The van der Waals surface area contributed by atoms with Crippen LogP contribution >= 0.6 is 11.3 Å². The molecule has 0 unspecified atom stereocenters. The summed E-state index contributed by atoms with van der Waals surface area (Å²) in [4.78, 5) is 24.0. The second-order valence-corrected chi connectivity index (χ2v) is 7.11. The Bertz CT molecular complexity index is 1080. The molecule has 0 bridgehead atoms. The molecule has 3 heterocycles. The van der Waals surface area contributed by atoms with Crippen LogP contribution in [0.2, 0.25) is 0 Å². The number of aromatic nitrogens is 4. The summed E-state index contributed by atoms with van der Waals surface area (Å²) in [5, 5.41) is 6.54. The topological polar surface area (TPSA) is 75.9 Å². The summed E-state index contributed by atoms with van der Waals surface area (Å²) in [5.74, 6) is 0.674. The number of H-pyrrole nitrogens is 1. The van der Waals surface area contributed by atoms with Gasteiger partial charge in [-0.15, -0.1) is 11.3 Å². The van der Waals surface area contributed by atoms with Gasteiger partial charge in [-0.3, -0.25) is 14.5 Å². The third-order valence-corrected chi connectivity index (χ3v) is 4.95. The molecule has 0 fully saturated rings. The van der Waals surface area contributed by atoms with Gasteiger partial charge in [0.25, 0.3) is 5.56 Å². The molecule has 0 aliphatic rings. The standard InChI is InChI=1S/C19H21N5OS/c1-6-7-8-14(20-4)18-21-16-13(10-26-17(16)19(25)22-18)12-9-24(5)23-15(12)11(2)3/h6-11H,4H2,1-3,5H3,(H,21,22,25)/b7-6-,14-8-. The van der Waals surface area contributed by atoms with E-state index in [1.165, 1.54) is 11.3 Å². The van der Waals surface area contributed by atoms with Crippen LogP contribution in [0, 0.1) is 0 Å². The van der Waals surface area contributed by atoms with Crippen molar-refractivity contribution in [2.45, 2.75) is 26.7 Å². The Morgan fingerprint density at radius 2 is 2.19 bits per heavy atom. The number of fused-ring (bicyclic) bond motifs is 1. The lowest BCUT2D eigenvalue weighted by molar-refractivity contribution is 0.713. The molecule has 3 aromatic heterocycles. The van der Waals surface area contributed by atoms with Crippen LogP contribution in [0.1, 0.15) is 38.2 Å². The van der Waals surface area contributed by atoms with E-state index in [-0.39, 0.29) is 11.5 Å². The maximum absolute atomic E-state index is 12.5. The van der Waals surface area contributed by atoms with Crippen molar-refractivity contribution >= 4 is 34.0 Å². The zero-order valence-electron chi connectivity index (χ0n) is 15.3. The quantitative estimate of drug-likeness (QED) is 0.544. The normalized spacial score (nSPS) is 12.6. The van der Waals surface area contributed by atoms with Crippen LogP contribution < -0.4 is 5.56 Å². The van der Waals surface area contributed by atoms with Crippen LogP contribution in [0.25, 0.3) is 27.0 Å². The van der Waals surface area contributed by atoms with Crippen LogP contribution in [0.15, 0.2) is 39.6 Å². The fraction of sp³-hybridized carbons (Fsp3) is 0.263. The molecule has 3 rings (SSSR count). The Morgan fingerprint density at radius 1 is 1.42 bits per heavy atom. The highest BCUT2D eigenvalue weighted by molar-refractivity contribution is 7.17. The minimum absolute atomic E-state index is 0.175. The van der Waals surface area contributed by atoms with Crippen LogP contribution in [0.5, 0.6) is 0 Å².